The molecule has 0 aliphatic carbocycles. The lowest BCUT2D eigenvalue weighted by Gasteiger charge is -2.29. The smallest absolute Gasteiger partial charge is 0.341 e. The van der Waals surface area contributed by atoms with Gasteiger partial charge in [-0.1, -0.05) is 18.2 Å². The van der Waals surface area contributed by atoms with E-state index in [4.69, 9.17) is 4.74 Å². The summed E-state index contributed by atoms with van der Waals surface area (Å²) in [5, 5.41) is 2.87. The minimum Gasteiger partial charge on any atom is -0.496 e. The molecule has 2 aromatic carbocycles. The molecule has 0 radical (unpaired) electrons. The molecule has 1 N–H and O–H groups in total. The number of sulfone groups is 1. The zero-order valence-corrected chi connectivity index (χ0v) is 17.4. The van der Waals surface area contributed by atoms with E-state index in [0.717, 1.165) is 49.4 Å². The first-order chi connectivity index (χ1) is 14.3. The lowest BCUT2D eigenvalue weighted by molar-refractivity contribution is 0.0937. The molecular formula is C21H24F2N2O4S. The van der Waals surface area contributed by atoms with E-state index in [1.54, 1.807) is 7.11 Å². The molecule has 162 valence electrons. The fourth-order valence-electron chi connectivity index (χ4n) is 3.62. The molecule has 6 nitrogen and oxygen atoms in total. The zero-order valence-electron chi connectivity index (χ0n) is 16.6. The van der Waals surface area contributed by atoms with Gasteiger partial charge in [-0.2, -0.15) is 8.78 Å². The van der Waals surface area contributed by atoms with Crippen LogP contribution in [0.5, 0.6) is 5.75 Å². The van der Waals surface area contributed by atoms with Crippen LogP contribution in [0, 0.1) is 0 Å². The molecule has 1 aliphatic rings. The number of carbonyl (C=O) groups is 1. The van der Waals surface area contributed by atoms with Gasteiger partial charge in [-0.15, -0.1) is 0 Å². The van der Waals surface area contributed by atoms with Crippen molar-refractivity contribution in [2.24, 2.45) is 0 Å². The summed E-state index contributed by atoms with van der Waals surface area (Å²) < 4.78 is 53.8. The van der Waals surface area contributed by atoms with E-state index in [1.807, 2.05) is 24.3 Å². The Kier molecular flexibility index (Phi) is 7.04. The highest BCUT2D eigenvalue weighted by Crippen LogP contribution is 2.31. The number of ether oxygens (including phenoxy) is 1. The number of amides is 1. The monoisotopic (exact) mass is 438 g/mol. The van der Waals surface area contributed by atoms with E-state index in [9.17, 15) is 22.0 Å². The number of para-hydroxylation sites is 1. The average molecular weight is 438 g/mol. The van der Waals surface area contributed by atoms with Crippen molar-refractivity contribution >= 4 is 15.7 Å². The van der Waals surface area contributed by atoms with E-state index in [2.05, 4.69) is 10.2 Å². The average Bonchev–Trinajstić information content (AvgIpc) is 3.28. The molecule has 1 saturated heterocycles. The summed E-state index contributed by atoms with van der Waals surface area (Å²) in [6.45, 7) is 2.16. The van der Waals surface area contributed by atoms with Crippen LogP contribution in [0.1, 0.15) is 34.8 Å². The third-order valence-electron chi connectivity index (χ3n) is 5.21. The van der Waals surface area contributed by atoms with Crippen LogP contribution >= 0.6 is 0 Å². The second kappa shape index (κ2) is 9.53. The van der Waals surface area contributed by atoms with Gasteiger partial charge in [-0.05, 0) is 56.3 Å². The Labute approximate surface area is 174 Å². The Bertz CT molecular complexity index is 975. The molecule has 0 spiro atoms. The van der Waals surface area contributed by atoms with Crippen molar-refractivity contribution in [2.75, 3.05) is 26.7 Å². The van der Waals surface area contributed by atoms with Crippen molar-refractivity contribution in [1.82, 2.24) is 10.2 Å². The topological polar surface area (TPSA) is 75.7 Å². The van der Waals surface area contributed by atoms with E-state index in [1.165, 1.54) is 12.1 Å². The van der Waals surface area contributed by atoms with E-state index < -0.39 is 26.4 Å². The highest BCUT2D eigenvalue weighted by molar-refractivity contribution is 7.91. The Morgan fingerprint density at radius 2 is 1.73 bits per heavy atom. The van der Waals surface area contributed by atoms with Crippen LogP contribution in [0.4, 0.5) is 8.78 Å². The Balaban J connectivity index is 1.75. The minimum absolute atomic E-state index is 0.0777. The quantitative estimate of drug-likeness (QED) is 0.685. The van der Waals surface area contributed by atoms with Gasteiger partial charge in [0.25, 0.3) is 5.91 Å². The molecule has 1 unspecified atom stereocenters. The standard InChI is InChI=1S/C21H24F2N2O4S/c1-29-19-7-3-2-6-17(19)18(25-12-4-5-13-25)14-24-20(26)15-8-10-16(11-9-15)30(27,28)21(22)23/h2-3,6-11,18,21H,4-5,12-14H2,1H3,(H,24,26). The van der Waals surface area contributed by atoms with Gasteiger partial charge in [-0.25, -0.2) is 8.42 Å². The number of benzene rings is 2. The summed E-state index contributed by atoms with van der Waals surface area (Å²) in [6, 6.07) is 12.1. The van der Waals surface area contributed by atoms with Crippen LogP contribution in [0.25, 0.3) is 0 Å². The predicted octanol–water partition coefficient (Wildman–Crippen LogP) is 3.26. The molecule has 3 rings (SSSR count). The maximum Gasteiger partial charge on any atom is 0.341 e. The van der Waals surface area contributed by atoms with Crippen molar-refractivity contribution < 1.29 is 26.7 Å². The first-order valence-corrected chi connectivity index (χ1v) is 11.2. The van der Waals surface area contributed by atoms with Gasteiger partial charge in [0.15, 0.2) is 0 Å². The molecule has 1 aliphatic heterocycles. The second-order valence-corrected chi connectivity index (χ2v) is 8.96. The molecule has 9 heteroatoms. The summed E-state index contributed by atoms with van der Waals surface area (Å²) in [5.41, 5.74) is 1.17. The molecule has 1 fully saturated rings. The predicted molar refractivity (Wildman–Crippen MR) is 109 cm³/mol. The van der Waals surface area contributed by atoms with Crippen molar-refractivity contribution in [1.29, 1.82) is 0 Å². The highest BCUT2D eigenvalue weighted by atomic mass is 32.2. The number of alkyl halides is 2. The van der Waals surface area contributed by atoms with Crippen LogP contribution in [-0.4, -0.2) is 51.7 Å². The van der Waals surface area contributed by atoms with E-state index in [0.29, 0.717) is 6.54 Å². The minimum atomic E-state index is -4.69. The number of hydrogen-bond donors (Lipinski definition) is 1. The van der Waals surface area contributed by atoms with Gasteiger partial charge in [0.05, 0.1) is 18.0 Å². The van der Waals surface area contributed by atoms with Crippen molar-refractivity contribution in [2.45, 2.75) is 29.5 Å². The molecule has 1 heterocycles. The summed E-state index contributed by atoms with van der Waals surface area (Å²) in [4.78, 5) is 14.4. The first-order valence-electron chi connectivity index (χ1n) is 9.62. The van der Waals surface area contributed by atoms with Gasteiger partial charge in [0, 0.05) is 17.7 Å². The SMILES string of the molecule is COc1ccccc1C(CNC(=O)c1ccc(S(=O)(=O)C(F)F)cc1)N1CCCC1. The maximum atomic E-state index is 12.7. The van der Waals surface area contributed by atoms with Crippen LogP contribution in [0.3, 0.4) is 0 Å². The van der Waals surface area contributed by atoms with Crippen molar-refractivity contribution in [3.63, 3.8) is 0 Å². The maximum absolute atomic E-state index is 12.7. The Morgan fingerprint density at radius 1 is 1.10 bits per heavy atom. The van der Waals surface area contributed by atoms with Crippen LogP contribution < -0.4 is 10.1 Å². The molecule has 0 bridgehead atoms. The Hall–Kier alpha value is -2.52. The third-order valence-corrected chi connectivity index (χ3v) is 6.61. The molecule has 2 aromatic rings. The van der Waals surface area contributed by atoms with Gasteiger partial charge >= 0.3 is 5.76 Å². The van der Waals surface area contributed by atoms with Gasteiger partial charge in [-0.3, -0.25) is 9.69 Å². The molecule has 0 aromatic heterocycles. The highest BCUT2D eigenvalue weighted by Gasteiger charge is 2.28. The number of likely N-dealkylation sites (tertiary alicyclic amines) is 1. The number of nitrogens with zero attached hydrogens (tertiary/aromatic N) is 1. The zero-order chi connectivity index (χ0) is 21.7. The number of nitrogens with one attached hydrogen (secondary N) is 1. The van der Waals surface area contributed by atoms with Crippen LogP contribution in [0.15, 0.2) is 53.4 Å². The summed E-state index contributed by atoms with van der Waals surface area (Å²) in [6.07, 6.45) is 2.17. The van der Waals surface area contributed by atoms with Crippen LogP contribution in [-0.2, 0) is 9.84 Å². The van der Waals surface area contributed by atoms with Gasteiger partial charge in [0.1, 0.15) is 5.75 Å². The van der Waals surface area contributed by atoms with E-state index >= 15 is 0 Å². The number of halogens is 2. The fourth-order valence-corrected chi connectivity index (χ4v) is 4.34. The number of rotatable bonds is 8. The molecule has 1 amide bonds. The molecule has 30 heavy (non-hydrogen) atoms. The second-order valence-electron chi connectivity index (χ2n) is 7.04. The summed E-state index contributed by atoms with van der Waals surface area (Å²) in [7, 11) is -3.08. The van der Waals surface area contributed by atoms with Crippen LogP contribution in [0.2, 0.25) is 0 Å². The van der Waals surface area contributed by atoms with Crippen molar-refractivity contribution in [3.8, 4) is 5.75 Å². The summed E-state index contributed by atoms with van der Waals surface area (Å²) >= 11 is 0. The fraction of sp³-hybridized carbons (Fsp3) is 0.381. The third kappa shape index (κ3) is 4.79. The molecule has 1 atom stereocenters. The Morgan fingerprint density at radius 3 is 2.33 bits per heavy atom. The summed E-state index contributed by atoms with van der Waals surface area (Å²) in [5.74, 6) is -3.17. The number of methoxy groups -OCH3 is 1. The lowest BCUT2D eigenvalue weighted by Crippen LogP contribution is -2.37. The normalized spacial score (nSPS) is 15.9. The lowest BCUT2D eigenvalue weighted by atomic mass is 10.0. The van der Waals surface area contributed by atoms with Gasteiger partial charge in [0.2, 0.25) is 9.84 Å². The number of carbonyl (C=O) groups excluding carboxylic acids is 1. The molecule has 0 saturated carbocycles. The number of hydrogen-bond acceptors (Lipinski definition) is 5. The van der Waals surface area contributed by atoms with Gasteiger partial charge < -0.3 is 10.1 Å². The van der Waals surface area contributed by atoms with E-state index in [-0.39, 0.29) is 11.6 Å². The molecular weight excluding hydrogens is 414 g/mol. The first kappa shape index (κ1) is 22.2. The largest absolute Gasteiger partial charge is 0.496 e. The van der Waals surface area contributed by atoms with Crippen molar-refractivity contribution in [3.05, 3.63) is 59.7 Å².